The SMILES string of the molecule is [2H]C([2H])(N=C1Nc2c(C)c(C)c(Cl)c(C)c2C(c2c(C)c(C)c(C)c(C)c2C)(C(C)(C)C)O1)C(C)(C)C. The smallest absolute Gasteiger partial charge is 0.290 e. The van der Waals surface area contributed by atoms with Gasteiger partial charge in [-0.1, -0.05) is 53.1 Å². The predicted molar refractivity (Wildman–Crippen MR) is 152 cm³/mol. The Labute approximate surface area is 221 Å². The van der Waals surface area contributed by atoms with Crippen LogP contribution in [0.25, 0.3) is 0 Å². The van der Waals surface area contributed by atoms with Crippen molar-refractivity contribution in [2.75, 3.05) is 11.8 Å². The Bertz CT molecular complexity index is 1280. The Hall–Kier alpha value is -2.00. The van der Waals surface area contributed by atoms with E-state index in [1.165, 1.54) is 27.8 Å². The van der Waals surface area contributed by atoms with Crippen molar-refractivity contribution in [3.8, 4) is 0 Å². The summed E-state index contributed by atoms with van der Waals surface area (Å²) in [4.78, 5) is 4.60. The van der Waals surface area contributed by atoms with E-state index < -0.39 is 22.9 Å². The molecule has 4 heteroatoms. The molecule has 0 amide bonds. The molecule has 2 aromatic rings. The molecule has 0 aliphatic carbocycles. The highest BCUT2D eigenvalue weighted by Crippen LogP contribution is 2.57. The number of nitrogens with zero attached hydrogens (tertiary/aromatic N) is 1. The van der Waals surface area contributed by atoms with Gasteiger partial charge in [-0.3, -0.25) is 0 Å². The van der Waals surface area contributed by atoms with Gasteiger partial charge in [0.1, 0.15) is 0 Å². The van der Waals surface area contributed by atoms with Gasteiger partial charge in [-0.15, -0.1) is 0 Å². The van der Waals surface area contributed by atoms with Crippen LogP contribution >= 0.6 is 11.6 Å². The number of hydrogen-bond acceptors (Lipinski definition) is 2. The first-order valence-corrected chi connectivity index (χ1v) is 12.9. The monoisotopic (exact) mass is 498 g/mol. The Balaban J connectivity index is 2.65. The second-order valence-corrected chi connectivity index (χ2v) is 12.8. The second kappa shape index (κ2) is 8.83. The van der Waals surface area contributed by atoms with E-state index in [2.05, 4.69) is 79.5 Å². The topological polar surface area (TPSA) is 33.6 Å². The van der Waals surface area contributed by atoms with Crippen LogP contribution in [0.3, 0.4) is 0 Å². The maximum absolute atomic E-state index is 8.78. The fourth-order valence-corrected chi connectivity index (χ4v) is 5.66. The third-order valence-corrected chi connectivity index (χ3v) is 8.52. The van der Waals surface area contributed by atoms with Crippen molar-refractivity contribution < 1.29 is 7.48 Å². The highest BCUT2D eigenvalue weighted by molar-refractivity contribution is 6.32. The molecule has 0 saturated heterocycles. The number of amidine groups is 1. The molecule has 0 saturated carbocycles. The van der Waals surface area contributed by atoms with E-state index in [-0.39, 0.29) is 6.02 Å². The second-order valence-electron chi connectivity index (χ2n) is 12.4. The van der Waals surface area contributed by atoms with Gasteiger partial charge in [-0.05, 0) is 105 Å². The number of fused-ring (bicyclic) bond motifs is 1. The average molecular weight is 499 g/mol. The van der Waals surface area contributed by atoms with Crippen LogP contribution in [0.15, 0.2) is 4.99 Å². The molecule has 1 N–H and O–H groups in total. The lowest BCUT2D eigenvalue weighted by molar-refractivity contribution is -0.0174. The van der Waals surface area contributed by atoms with Crippen LogP contribution in [0.4, 0.5) is 5.69 Å². The van der Waals surface area contributed by atoms with Gasteiger partial charge in [0.05, 0.1) is 8.43 Å². The number of halogens is 1. The van der Waals surface area contributed by atoms with E-state index >= 15 is 0 Å². The summed E-state index contributed by atoms with van der Waals surface area (Å²) in [5.74, 6) is 0. The number of benzene rings is 2. The quantitative estimate of drug-likeness (QED) is 0.448. The Kier molecular flexibility index (Phi) is 6.23. The third-order valence-electron chi connectivity index (χ3n) is 7.96. The Morgan fingerprint density at radius 3 is 1.69 bits per heavy atom. The molecular formula is C31H45ClN2O. The van der Waals surface area contributed by atoms with Crippen LogP contribution in [0.2, 0.25) is 5.02 Å². The summed E-state index contributed by atoms with van der Waals surface area (Å²) >= 11 is 6.98. The third kappa shape index (κ3) is 4.28. The van der Waals surface area contributed by atoms with Gasteiger partial charge in [0.2, 0.25) is 0 Å². The molecule has 35 heavy (non-hydrogen) atoms. The summed E-state index contributed by atoms with van der Waals surface area (Å²) in [6.07, 6.45) is 0. The lowest BCUT2D eigenvalue weighted by Gasteiger charge is -2.51. The Morgan fingerprint density at radius 2 is 1.23 bits per heavy atom. The fraction of sp³-hybridized carbons (Fsp3) is 0.581. The summed E-state index contributed by atoms with van der Waals surface area (Å²) in [7, 11) is 0. The van der Waals surface area contributed by atoms with Gasteiger partial charge in [-0.2, -0.15) is 0 Å². The normalized spacial score (nSPS) is 20.7. The minimum Gasteiger partial charge on any atom is -0.448 e. The van der Waals surface area contributed by atoms with Gasteiger partial charge < -0.3 is 10.1 Å². The molecule has 0 fully saturated rings. The van der Waals surface area contributed by atoms with E-state index in [9.17, 15) is 0 Å². The zero-order valence-electron chi connectivity index (χ0n) is 26.2. The molecule has 0 spiro atoms. The first-order chi connectivity index (χ1) is 16.6. The van der Waals surface area contributed by atoms with Gasteiger partial charge in [0.25, 0.3) is 6.02 Å². The lowest BCUT2D eigenvalue weighted by Crippen LogP contribution is -2.51. The number of hydrogen-bond donors (Lipinski definition) is 1. The predicted octanol–water partition coefficient (Wildman–Crippen LogP) is 8.94. The molecule has 2 aromatic carbocycles. The molecule has 3 rings (SSSR count). The van der Waals surface area contributed by atoms with Gasteiger partial charge in [-0.25, -0.2) is 4.99 Å². The number of aliphatic imine (C=N–C) groups is 1. The summed E-state index contributed by atoms with van der Waals surface area (Å²) in [5.41, 5.74) is 9.96. The molecule has 192 valence electrons. The van der Waals surface area contributed by atoms with Crippen molar-refractivity contribution in [3.63, 3.8) is 0 Å². The van der Waals surface area contributed by atoms with Gasteiger partial charge in [0.15, 0.2) is 5.60 Å². The van der Waals surface area contributed by atoms with Gasteiger partial charge in [0, 0.05) is 28.1 Å². The van der Waals surface area contributed by atoms with Crippen molar-refractivity contribution in [1.29, 1.82) is 0 Å². The van der Waals surface area contributed by atoms with E-state index in [1.807, 2.05) is 27.7 Å². The van der Waals surface area contributed by atoms with Crippen LogP contribution in [0.1, 0.15) is 99.9 Å². The molecule has 0 aromatic heterocycles. The zero-order valence-corrected chi connectivity index (χ0v) is 25.0. The molecule has 1 aliphatic heterocycles. The standard InChI is InChI=1S/C31H45ClN2O/c1-16-17(2)19(4)24(20(5)18(16)3)31(30(12,13)14)25-23(8)26(32)21(6)22(7)27(25)34-28(35-31)33-15-29(9,10)11/h15H2,1-14H3,(H,33,34)/i15D2. The summed E-state index contributed by atoms with van der Waals surface area (Å²) in [6.45, 7) is 27.3. The molecular weight excluding hydrogens is 452 g/mol. The van der Waals surface area contributed by atoms with E-state index in [0.29, 0.717) is 0 Å². The van der Waals surface area contributed by atoms with Crippen LogP contribution in [-0.2, 0) is 10.3 Å². The molecule has 3 nitrogen and oxygen atoms in total. The van der Waals surface area contributed by atoms with Gasteiger partial charge >= 0.3 is 0 Å². The summed E-state index contributed by atoms with van der Waals surface area (Å²) in [5, 5.41) is 4.14. The van der Waals surface area contributed by atoms with E-state index in [1.54, 1.807) is 0 Å². The van der Waals surface area contributed by atoms with Crippen LogP contribution in [-0.4, -0.2) is 12.5 Å². The van der Waals surface area contributed by atoms with Crippen LogP contribution in [0.5, 0.6) is 0 Å². The maximum atomic E-state index is 8.78. The molecule has 1 atom stereocenters. The van der Waals surface area contributed by atoms with Crippen molar-refractivity contribution in [3.05, 3.63) is 60.7 Å². The summed E-state index contributed by atoms with van der Waals surface area (Å²) in [6, 6.07) is 0.196. The largest absolute Gasteiger partial charge is 0.448 e. The average Bonchev–Trinajstić information content (AvgIpc) is 2.76. The van der Waals surface area contributed by atoms with Crippen molar-refractivity contribution >= 4 is 23.3 Å². The molecule has 1 aliphatic rings. The maximum Gasteiger partial charge on any atom is 0.290 e. The highest BCUT2D eigenvalue weighted by atomic mass is 35.5. The fourth-order valence-electron chi connectivity index (χ4n) is 5.42. The van der Waals surface area contributed by atoms with E-state index in [0.717, 1.165) is 38.5 Å². The Morgan fingerprint density at radius 1 is 0.743 bits per heavy atom. The molecule has 0 bridgehead atoms. The number of rotatable bonds is 2. The number of ether oxygens (including phenoxy) is 1. The van der Waals surface area contributed by atoms with Crippen molar-refractivity contribution in [1.82, 2.24) is 0 Å². The minimum absolute atomic E-state index is 0.196. The number of anilines is 1. The van der Waals surface area contributed by atoms with Crippen LogP contribution < -0.4 is 5.32 Å². The summed E-state index contributed by atoms with van der Waals surface area (Å²) < 4.78 is 24.6. The molecule has 0 radical (unpaired) electrons. The van der Waals surface area contributed by atoms with E-state index in [4.69, 9.17) is 19.1 Å². The van der Waals surface area contributed by atoms with Crippen molar-refractivity contribution in [2.24, 2.45) is 15.8 Å². The first-order valence-electron chi connectivity index (χ1n) is 13.5. The molecule has 1 heterocycles. The highest BCUT2D eigenvalue weighted by Gasteiger charge is 2.55. The lowest BCUT2D eigenvalue weighted by atomic mass is 9.62. The molecule has 1 unspecified atom stereocenters. The minimum atomic E-state index is -1.86. The van der Waals surface area contributed by atoms with Crippen molar-refractivity contribution in [2.45, 2.75) is 103 Å². The van der Waals surface area contributed by atoms with Crippen LogP contribution in [0, 0.1) is 66.2 Å². The first kappa shape index (κ1) is 24.7. The zero-order chi connectivity index (χ0) is 28.6. The number of nitrogens with one attached hydrogen (secondary N) is 1.